The van der Waals surface area contributed by atoms with Crippen molar-refractivity contribution in [2.75, 3.05) is 29.5 Å². The standard InChI is InChI=1S/C13H22N4OS/c1-10(2)14-8-12-9-15-13(16-11(12)3)17-4-6-19(18)7-5-17/h9-10,14H,4-8H2,1-3H3. The molecule has 0 aliphatic carbocycles. The molecule has 1 saturated heterocycles. The molecule has 2 rings (SSSR count). The van der Waals surface area contributed by atoms with Gasteiger partial charge in [-0.1, -0.05) is 13.8 Å². The zero-order chi connectivity index (χ0) is 13.8. The lowest BCUT2D eigenvalue weighted by Crippen LogP contribution is -2.38. The molecular weight excluding hydrogens is 260 g/mol. The summed E-state index contributed by atoms with van der Waals surface area (Å²) >= 11 is 0. The average Bonchev–Trinajstić information content (AvgIpc) is 2.38. The molecule has 19 heavy (non-hydrogen) atoms. The lowest BCUT2D eigenvalue weighted by atomic mass is 10.2. The summed E-state index contributed by atoms with van der Waals surface area (Å²) in [6.45, 7) is 8.64. The van der Waals surface area contributed by atoms with E-state index in [9.17, 15) is 4.21 Å². The Morgan fingerprint density at radius 1 is 1.42 bits per heavy atom. The first-order valence-corrected chi connectivity index (χ1v) is 8.21. The molecule has 1 aliphatic heterocycles. The topological polar surface area (TPSA) is 58.1 Å². The molecule has 1 N–H and O–H groups in total. The Labute approximate surface area is 117 Å². The van der Waals surface area contributed by atoms with Gasteiger partial charge < -0.3 is 10.2 Å². The predicted molar refractivity (Wildman–Crippen MR) is 78.8 cm³/mol. The molecule has 0 spiro atoms. The van der Waals surface area contributed by atoms with Crippen LogP contribution in [0.4, 0.5) is 5.95 Å². The van der Waals surface area contributed by atoms with E-state index in [0.717, 1.165) is 48.3 Å². The Morgan fingerprint density at radius 2 is 2.11 bits per heavy atom. The third-order valence-corrected chi connectivity index (χ3v) is 4.51. The van der Waals surface area contributed by atoms with Crippen LogP contribution < -0.4 is 10.2 Å². The molecule has 1 aromatic heterocycles. The van der Waals surface area contributed by atoms with Crippen molar-refractivity contribution in [1.29, 1.82) is 0 Å². The second kappa shape index (κ2) is 6.43. The van der Waals surface area contributed by atoms with Crippen molar-refractivity contribution in [3.63, 3.8) is 0 Å². The Bertz CT molecular complexity index is 454. The molecule has 1 fully saturated rings. The van der Waals surface area contributed by atoms with E-state index in [1.54, 1.807) is 0 Å². The summed E-state index contributed by atoms with van der Waals surface area (Å²) in [5.74, 6) is 2.21. The molecule has 106 valence electrons. The Balaban J connectivity index is 2.03. The van der Waals surface area contributed by atoms with Gasteiger partial charge in [0.2, 0.25) is 5.95 Å². The lowest BCUT2D eigenvalue weighted by molar-refractivity contribution is 0.584. The first-order chi connectivity index (χ1) is 9.06. The average molecular weight is 282 g/mol. The summed E-state index contributed by atoms with van der Waals surface area (Å²) < 4.78 is 11.3. The molecule has 0 unspecified atom stereocenters. The molecule has 1 aromatic rings. The molecular formula is C13H22N4OS. The lowest BCUT2D eigenvalue weighted by Gasteiger charge is -2.26. The first kappa shape index (κ1) is 14.4. The van der Waals surface area contributed by atoms with E-state index in [2.05, 4.69) is 34.0 Å². The fourth-order valence-corrected chi connectivity index (χ4v) is 3.01. The van der Waals surface area contributed by atoms with Crippen molar-refractivity contribution >= 4 is 16.7 Å². The number of rotatable bonds is 4. The fraction of sp³-hybridized carbons (Fsp3) is 0.692. The molecule has 5 nitrogen and oxygen atoms in total. The Hall–Kier alpha value is -1.01. The van der Waals surface area contributed by atoms with Crippen LogP contribution in [0.5, 0.6) is 0 Å². The molecule has 0 radical (unpaired) electrons. The summed E-state index contributed by atoms with van der Waals surface area (Å²) in [6.07, 6.45) is 1.90. The Kier molecular flexibility index (Phi) is 4.87. The molecule has 0 bridgehead atoms. The minimum atomic E-state index is -0.660. The summed E-state index contributed by atoms with van der Waals surface area (Å²) in [6, 6.07) is 0.455. The summed E-state index contributed by atoms with van der Waals surface area (Å²) in [5, 5.41) is 3.37. The zero-order valence-corrected chi connectivity index (χ0v) is 12.7. The molecule has 0 aromatic carbocycles. The molecule has 0 atom stereocenters. The fourth-order valence-electron chi connectivity index (χ4n) is 1.96. The van der Waals surface area contributed by atoms with Crippen LogP contribution in [0.3, 0.4) is 0 Å². The van der Waals surface area contributed by atoms with Crippen LogP contribution in [0, 0.1) is 6.92 Å². The van der Waals surface area contributed by atoms with Gasteiger partial charge in [0.05, 0.1) is 0 Å². The molecule has 2 heterocycles. The number of nitrogens with zero attached hydrogens (tertiary/aromatic N) is 3. The van der Waals surface area contributed by atoms with Gasteiger partial charge in [-0.05, 0) is 6.92 Å². The molecule has 1 aliphatic rings. The SMILES string of the molecule is Cc1nc(N2CCS(=O)CC2)ncc1CNC(C)C. The number of aryl methyl sites for hydroxylation is 1. The van der Waals surface area contributed by atoms with Crippen molar-refractivity contribution in [1.82, 2.24) is 15.3 Å². The van der Waals surface area contributed by atoms with Gasteiger partial charge >= 0.3 is 0 Å². The van der Waals surface area contributed by atoms with E-state index < -0.39 is 10.8 Å². The highest BCUT2D eigenvalue weighted by atomic mass is 32.2. The smallest absolute Gasteiger partial charge is 0.225 e. The van der Waals surface area contributed by atoms with Gasteiger partial charge in [0.15, 0.2) is 0 Å². The largest absolute Gasteiger partial charge is 0.339 e. The number of hydrogen-bond donors (Lipinski definition) is 1. The second-order valence-corrected chi connectivity index (χ2v) is 6.85. The summed E-state index contributed by atoms with van der Waals surface area (Å²) in [4.78, 5) is 11.1. The van der Waals surface area contributed by atoms with Gasteiger partial charge in [-0.2, -0.15) is 0 Å². The van der Waals surface area contributed by atoms with Crippen LogP contribution in [0.15, 0.2) is 6.20 Å². The summed E-state index contributed by atoms with van der Waals surface area (Å²) in [7, 11) is -0.660. The van der Waals surface area contributed by atoms with E-state index in [4.69, 9.17) is 0 Å². The van der Waals surface area contributed by atoms with Crippen LogP contribution in [0.25, 0.3) is 0 Å². The number of aromatic nitrogens is 2. The monoisotopic (exact) mass is 282 g/mol. The third-order valence-electron chi connectivity index (χ3n) is 3.23. The Morgan fingerprint density at radius 3 is 2.68 bits per heavy atom. The van der Waals surface area contributed by atoms with Crippen LogP contribution in [-0.2, 0) is 17.3 Å². The summed E-state index contributed by atoms with van der Waals surface area (Å²) in [5.41, 5.74) is 2.16. The van der Waals surface area contributed by atoms with Gasteiger partial charge in [0.1, 0.15) is 0 Å². The van der Waals surface area contributed by atoms with Gasteiger partial charge in [0, 0.05) is 65.4 Å². The van der Waals surface area contributed by atoms with E-state index in [0.29, 0.717) is 6.04 Å². The zero-order valence-electron chi connectivity index (χ0n) is 11.8. The van der Waals surface area contributed by atoms with Crippen LogP contribution in [-0.4, -0.2) is 44.8 Å². The van der Waals surface area contributed by atoms with Crippen LogP contribution in [0.2, 0.25) is 0 Å². The first-order valence-electron chi connectivity index (χ1n) is 6.72. The van der Waals surface area contributed by atoms with Gasteiger partial charge in [-0.3, -0.25) is 4.21 Å². The van der Waals surface area contributed by atoms with E-state index in [1.807, 2.05) is 13.1 Å². The van der Waals surface area contributed by atoms with Crippen molar-refractivity contribution in [3.05, 3.63) is 17.5 Å². The molecule has 0 amide bonds. The van der Waals surface area contributed by atoms with E-state index >= 15 is 0 Å². The highest BCUT2D eigenvalue weighted by Crippen LogP contribution is 2.13. The van der Waals surface area contributed by atoms with Gasteiger partial charge in [-0.25, -0.2) is 9.97 Å². The van der Waals surface area contributed by atoms with E-state index in [-0.39, 0.29) is 0 Å². The van der Waals surface area contributed by atoms with Crippen molar-refractivity contribution < 1.29 is 4.21 Å². The molecule has 6 heteroatoms. The normalized spacial score (nSPS) is 17.2. The van der Waals surface area contributed by atoms with Crippen LogP contribution >= 0.6 is 0 Å². The predicted octanol–water partition coefficient (Wildman–Crippen LogP) is 0.852. The number of anilines is 1. The highest BCUT2D eigenvalue weighted by Gasteiger charge is 2.18. The van der Waals surface area contributed by atoms with Gasteiger partial charge in [-0.15, -0.1) is 0 Å². The quantitative estimate of drug-likeness (QED) is 0.887. The maximum atomic E-state index is 11.3. The van der Waals surface area contributed by atoms with Crippen molar-refractivity contribution in [2.45, 2.75) is 33.4 Å². The minimum Gasteiger partial charge on any atom is -0.339 e. The maximum absolute atomic E-state index is 11.3. The third kappa shape index (κ3) is 3.98. The second-order valence-electron chi connectivity index (χ2n) is 5.15. The van der Waals surface area contributed by atoms with Crippen LogP contribution in [0.1, 0.15) is 25.1 Å². The number of nitrogens with one attached hydrogen (secondary N) is 1. The number of hydrogen-bond acceptors (Lipinski definition) is 5. The highest BCUT2D eigenvalue weighted by molar-refractivity contribution is 7.85. The van der Waals surface area contributed by atoms with Crippen molar-refractivity contribution in [2.24, 2.45) is 0 Å². The van der Waals surface area contributed by atoms with Crippen molar-refractivity contribution in [3.8, 4) is 0 Å². The van der Waals surface area contributed by atoms with E-state index in [1.165, 1.54) is 0 Å². The van der Waals surface area contributed by atoms with Gasteiger partial charge in [0.25, 0.3) is 0 Å². The molecule has 0 saturated carbocycles. The minimum absolute atomic E-state index is 0.455. The maximum Gasteiger partial charge on any atom is 0.225 e.